The van der Waals surface area contributed by atoms with Gasteiger partial charge in [0.1, 0.15) is 0 Å². The Morgan fingerprint density at radius 2 is 2.17 bits per heavy atom. The Morgan fingerprint density at radius 1 is 1.22 bits per heavy atom. The van der Waals surface area contributed by atoms with Crippen LogP contribution in [0.4, 0.5) is 5.82 Å². The van der Waals surface area contributed by atoms with Crippen molar-refractivity contribution in [2.24, 2.45) is 0 Å². The summed E-state index contributed by atoms with van der Waals surface area (Å²) >= 11 is 0. The fourth-order valence-corrected chi connectivity index (χ4v) is 1.66. The Hall–Kier alpha value is -2.57. The number of hydrogen-bond acceptors (Lipinski definition) is 6. The highest BCUT2D eigenvalue weighted by Gasteiger charge is 2.04. The molecule has 3 rings (SSSR count). The minimum Gasteiger partial charge on any atom is -0.364 e. The zero-order valence-corrected chi connectivity index (χ0v) is 9.78. The van der Waals surface area contributed by atoms with Crippen molar-refractivity contribution >= 4 is 11.5 Å². The molecule has 0 saturated carbocycles. The topological polar surface area (TPSA) is 80.9 Å². The number of tetrazole rings is 1. The van der Waals surface area contributed by atoms with Crippen molar-refractivity contribution in [1.29, 1.82) is 0 Å². The van der Waals surface area contributed by atoms with Crippen molar-refractivity contribution in [2.75, 3.05) is 5.32 Å². The number of anilines is 1. The first-order valence-corrected chi connectivity index (χ1v) is 5.50. The van der Waals surface area contributed by atoms with E-state index in [2.05, 4.69) is 37.7 Å². The predicted molar refractivity (Wildman–Crippen MR) is 64.9 cm³/mol. The Balaban J connectivity index is 1.85. The zero-order valence-electron chi connectivity index (χ0n) is 9.78. The third-order valence-electron chi connectivity index (χ3n) is 2.72. The summed E-state index contributed by atoms with van der Waals surface area (Å²) in [6.45, 7) is 2.70. The van der Waals surface area contributed by atoms with Crippen molar-refractivity contribution in [3.05, 3.63) is 42.0 Å². The van der Waals surface area contributed by atoms with Crippen LogP contribution in [0.2, 0.25) is 0 Å². The van der Waals surface area contributed by atoms with Gasteiger partial charge in [-0.05, 0) is 34.5 Å². The molecule has 0 aliphatic heterocycles. The fraction of sp³-hybridized carbons (Fsp3) is 0.182. The monoisotopic (exact) mass is 241 g/mol. The van der Waals surface area contributed by atoms with E-state index >= 15 is 0 Å². The maximum atomic E-state index is 4.11. The minimum atomic E-state index is 0.614. The van der Waals surface area contributed by atoms with Crippen molar-refractivity contribution < 1.29 is 0 Å². The molecule has 90 valence electrons. The predicted octanol–water partition coefficient (Wildman–Crippen LogP) is 0.835. The van der Waals surface area contributed by atoms with Gasteiger partial charge in [0, 0.05) is 18.9 Å². The van der Waals surface area contributed by atoms with Gasteiger partial charge in [-0.25, -0.2) is 0 Å². The first-order chi connectivity index (χ1) is 8.84. The summed E-state index contributed by atoms with van der Waals surface area (Å²) in [6.07, 6.45) is 6.92. The van der Waals surface area contributed by atoms with Crippen molar-refractivity contribution in [3.63, 3.8) is 0 Å². The molecule has 0 atom stereocenters. The van der Waals surface area contributed by atoms with E-state index in [4.69, 9.17) is 0 Å². The van der Waals surface area contributed by atoms with E-state index in [0.717, 1.165) is 11.4 Å². The van der Waals surface area contributed by atoms with Gasteiger partial charge in [0.2, 0.25) is 0 Å². The van der Waals surface area contributed by atoms with Crippen LogP contribution in [0.5, 0.6) is 0 Å². The summed E-state index contributed by atoms with van der Waals surface area (Å²) < 4.78 is 1.61. The molecule has 7 nitrogen and oxygen atoms in total. The summed E-state index contributed by atoms with van der Waals surface area (Å²) in [5, 5.41) is 14.6. The Kier molecular flexibility index (Phi) is 2.56. The van der Waals surface area contributed by atoms with E-state index in [1.807, 2.05) is 12.3 Å². The van der Waals surface area contributed by atoms with Gasteiger partial charge in [-0.2, -0.15) is 4.52 Å². The average molecular weight is 241 g/mol. The van der Waals surface area contributed by atoms with Gasteiger partial charge in [0.05, 0.1) is 12.4 Å². The standard InChI is InChI=1S/C11H11N7/c1-8-2-3-12-4-9(8)5-14-10-6-13-7-11-15-16-17-18(10)11/h2-4,6-7,14H,5H2,1H3. The smallest absolute Gasteiger partial charge is 0.199 e. The summed E-state index contributed by atoms with van der Waals surface area (Å²) in [4.78, 5) is 8.19. The number of aryl methyl sites for hydroxylation is 1. The van der Waals surface area contributed by atoms with Crippen molar-refractivity contribution in [1.82, 2.24) is 30.0 Å². The Labute approximate surface area is 103 Å². The SMILES string of the molecule is Cc1ccncc1CNc1cncc2nnnn12. The summed E-state index contributed by atoms with van der Waals surface area (Å²) in [6, 6.07) is 1.98. The third-order valence-corrected chi connectivity index (χ3v) is 2.72. The molecule has 0 saturated heterocycles. The van der Waals surface area contributed by atoms with Crippen LogP contribution in [0.3, 0.4) is 0 Å². The first-order valence-electron chi connectivity index (χ1n) is 5.50. The van der Waals surface area contributed by atoms with E-state index in [1.165, 1.54) is 5.56 Å². The van der Waals surface area contributed by atoms with Crippen LogP contribution < -0.4 is 5.32 Å². The Morgan fingerprint density at radius 3 is 3.06 bits per heavy atom. The maximum Gasteiger partial charge on any atom is 0.199 e. The van der Waals surface area contributed by atoms with Gasteiger partial charge in [0.25, 0.3) is 0 Å². The molecule has 7 heteroatoms. The highest BCUT2D eigenvalue weighted by molar-refractivity contribution is 5.44. The van der Waals surface area contributed by atoms with E-state index in [0.29, 0.717) is 12.2 Å². The maximum absolute atomic E-state index is 4.11. The lowest BCUT2D eigenvalue weighted by Crippen LogP contribution is -2.07. The van der Waals surface area contributed by atoms with Crippen molar-refractivity contribution in [3.8, 4) is 0 Å². The molecule has 18 heavy (non-hydrogen) atoms. The zero-order chi connectivity index (χ0) is 12.4. The number of pyridine rings is 1. The molecule has 0 unspecified atom stereocenters. The second-order valence-corrected chi connectivity index (χ2v) is 3.90. The fourth-order valence-electron chi connectivity index (χ4n) is 1.66. The van der Waals surface area contributed by atoms with Gasteiger partial charge in [0.15, 0.2) is 11.5 Å². The second kappa shape index (κ2) is 4.36. The number of nitrogens with zero attached hydrogens (tertiary/aromatic N) is 6. The summed E-state index contributed by atoms with van der Waals surface area (Å²) in [7, 11) is 0. The average Bonchev–Trinajstić information content (AvgIpc) is 2.86. The molecule has 0 radical (unpaired) electrons. The normalized spacial score (nSPS) is 10.7. The lowest BCUT2D eigenvalue weighted by atomic mass is 10.2. The van der Waals surface area contributed by atoms with Gasteiger partial charge in [-0.1, -0.05) is 0 Å². The van der Waals surface area contributed by atoms with Gasteiger partial charge in [-0.3, -0.25) is 9.97 Å². The van der Waals surface area contributed by atoms with E-state index in [-0.39, 0.29) is 0 Å². The molecular weight excluding hydrogens is 230 g/mol. The number of hydrogen-bond donors (Lipinski definition) is 1. The molecule has 3 aromatic heterocycles. The van der Waals surface area contributed by atoms with Crippen LogP contribution in [0.25, 0.3) is 5.65 Å². The molecular formula is C11H11N7. The minimum absolute atomic E-state index is 0.614. The molecule has 0 bridgehead atoms. The lowest BCUT2D eigenvalue weighted by molar-refractivity contribution is 0.819. The van der Waals surface area contributed by atoms with Gasteiger partial charge < -0.3 is 5.32 Å². The quantitative estimate of drug-likeness (QED) is 0.731. The molecule has 1 N–H and O–H groups in total. The molecule has 0 spiro atoms. The van der Waals surface area contributed by atoms with Crippen molar-refractivity contribution in [2.45, 2.75) is 13.5 Å². The first kappa shape index (κ1) is 10.6. The molecule has 0 amide bonds. The van der Waals surface area contributed by atoms with E-state index < -0.39 is 0 Å². The van der Waals surface area contributed by atoms with Crippen LogP contribution in [-0.2, 0) is 6.54 Å². The number of nitrogens with one attached hydrogen (secondary N) is 1. The van der Waals surface area contributed by atoms with E-state index in [1.54, 1.807) is 23.1 Å². The third kappa shape index (κ3) is 1.86. The number of rotatable bonds is 3. The molecule has 0 aliphatic carbocycles. The van der Waals surface area contributed by atoms with Gasteiger partial charge in [-0.15, -0.1) is 5.10 Å². The summed E-state index contributed by atoms with van der Waals surface area (Å²) in [5.41, 5.74) is 2.93. The second-order valence-electron chi connectivity index (χ2n) is 3.90. The van der Waals surface area contributed by atoms with Gasteiger partial charge >= 0.3 is 0 Å². The molecule has 3 aromatic rings. The molecule has 0 aliphatic rings. The largest absolute Gasteiger partial charge is 0.364 e. The summed E-state index contributed by atoms with van der Waals surface area (Å²) in [5.74, 6) is 0.751. The molecule has 0 fully saturated rings. The van der Waals surface area contributed by atoms with Crippen LogP contribution >= 0.6 is 0 Å². The van der Waals surface area contributed by atoms with Crippen LogP contribution in [-0.4, -0.2) is 30.0 Å². The lowest BCUT2D eigenvalue weighted by Gasteiger charge is -2.08. The van der Waals surface area contributed by atoms with E-state index in [9.17, 15) is 0 Å². The van der Waals surface area contributed by atoms with Crippen LogP contribution in [0.15, 0.2) is 30.9 Å². The van der Waals surface area contributed by atoms with Crippen LogP contribution in [0.1, 0.15) is 11.1 Å². The highest BCUT2D eigenvalue weighted by atomic mass is 15.5. The number of fused-ring (bicyclic) bond motifs is 1. The highest BCUT2D eigenvalue weighted by Crippen LogP contribution is 2.10. The number of aromatic nitrogens is 6. The Bertz CT molecular complexity index is 676. The van der Waals surface area contributed by atoms with Crippen LogP contribution in [0, 0.1) is 6.92 Å². The molecule has 3 heterocycles. The molecule has 0 aromatic carbocycles.